The number of hydrogen-bond donors (Lipinski definition) is 0. The number of carbonyl (C=O) groups is 1. The summed E-state index contributed by atoms with van der Waals surface area (Å²) in [6, 6.07) is 17.3. The van der Waals surface area contributed by atoms with Crippen molar-refractivity contribution in [1.29, 1.82) is 0 Å². The molecule has 0 heterocycles. The van der Waals surface area contributed by atoms with Gasteiger partial charge in [-0.15, -0.1) is 0 Å². The number of benzene rings is 3. The van der Waals surface area contributed by atoms with Gasteiger partial charge in [-0.2, -0.15) is 0 Å². The van der Waals surface area contributed by atoms with E-state index in [1.807, 2.05) is 13.0 Å². The molecule has 0 amide bonds. The minimum absolute atomic E-state index is 0.0505. The Kier molecular flexibility index (Phi) is 6.76. The molecule has 0 aromatic heterocycles. The Balaban J connectivity index is 1.73. The highest BCUT2D eigenvalue weighted by Crippen LogP contribution is 2.31. The topological polar surface area (TPSA) is 26.3 Å². The summed E-state index contributed by atoms with van der Waals surface area (Å²) in [4.78, 5) is 10.7. The molecule has 29 heavy (non-hydrogen) atoms. The molecule has 0 bridgehead atoms. The third-order valence-electron chi connectivity index (χ3n) is 5.20. The van der Waals surface area contributed by atoms with Crippen LogP contribution in [0.15, 0.2) is 60.7 Å². The highest BCUT2D eigenvalue weighted by Gasteiger charge is 2.17. The highest BCUT2D eigenvalue weighted by atomic mass is 19.2. The average molecular weight is 394 g/mol. The normalized spacial score (nSPS) is 11.9. The number of ether oxygens (including phenoxy) is 1. The Morgan fingerprint density at radius 1 is 0.862 bits per heavy atom. The second kappa shape index (κ2) is 9.46. The van der Waals surface area contributed by atoms with Gasteiger partial charge in [0, 0.05) is 11.5 Å². The van der Waals surface area contributed by atoms with Crippen molar-refractivity contribution >= 4 is 6.29 Å². The van der Waals surface area contributed by atoms with Crippen LogP contribution in [-0.4, -0.2) is 12.9 Å². The lowest BCUT2D eigenvalue weighted by Crippen LogP contribution is -2.06. The van der Waals surface area contributed by atoms with Crippen LogP contribution < -0.4 is 4.74 Å². The molecule has 3 aromatic carbocycles. The number of halogens is 2. The van der Waals surface area contributed by atoms with Gasteiger partial charge in [0.05, 0.1) is 6.61 Å². The maximum absolute atomic E-state index is 13.8. The van der Waals surface area contributed by atoms with Crippen molar-refractivity contribution in [2.24, 2.45) is 0 Å². The lowest BCUT2D eigenvalue weighted by atomic mass is 9.86. The van der Waals surface area contributed by atoms with Gasteiger partial charge in [0.15, 0.2) is 11.6 Å². The monoisotopic (exact) mass is 394 g/mol. The third-order valence-corrected chi connectivity index (χ3v) is 5.20. The van der Waals surface area contributed by atoms with E-state index in [-0.39, 0.29) is 5.92 Å². The molecule has 150 valence electrons. The molecule has 0 unspecified atom stereocenters. The molecule has 0 radical (unpaired) electrons. The van der Waals surface area contributed by atoms with Crippen molar-refractivity contribution in [3.05, 3.63) is 100 Å². The van der Waals surface area contributed by atoms with Crippen LogP contribution in [0, 0.1) is 25.5 Å². The van der Waals surface area contributed by atoms with Gasteiger partial charge in [-0.05, 0) is 85.3 Å². The molecule has 4 heteroatoms. The maximum Gasteiger partial charge on any atom is 0.159 e. The summed E-state index contributed by atoms with van der Waals surface area (Å²) in [5, 5.41) is 0. The fraction of sp³-hybridized carbons (Fsp3) is 0.240. The zero-order valence-electron chi connectivity index (χ0n) is 16.6. The first-order valence-corrected chi connectivity index (χ1v) is 9.68. The number of aldehydes is 1. The van der Waals surface area contributed by atoms with Crippen LogP contribution in [-0.2, 0) is 0 Å². The van der Waals surface area contributed by atoms with Crippen molar-refractivity contribution in [2.75, 3.05) is 6.61 Å². The van der Waals surface area contributed by atoms with Crippen molar-refractivity contribution < 1.29 is 18.3 Å². The van der Waals surface area contributed by atoms with Gasteiger partial charge < -0.3 is 4.74 Å². The molecule has 3 rings (SSSR count). The fourth-order valence-corrected chi connectivity index (χ4v) is 3.36. The molecule has 0 N–H and O–H groups in total. The van der Waals surface area contributed by atoms with E-state index in [2.05, 4.69) is 19.1 Å². The zero-order valence-corrected chi connectivity index (χ0v) is 16.6. The van der Waals surface area contributed by atoms with Crippen molar-refractivity contribution in [1.82, 2.24) is 0 Å². The van der Waals surface area contributed by atoms with E-state index in [0.29, 0.717) is 17.9 Å². The molecule has 3 aromatic rings. The van der Waals surface area contributed by atoms with Crippen molar-refractivity contribution in [2.45, 2.75) is 32.6 Å². The quantitative estimate of drug-likeness (QED) is 0.327. The summed E-state index contributed by atoms with van der Waals surface area (Å²) >= 11 is 0. The summed E-state index contributed by atoms with van der Waals surface area (Å²) in [6.45, 7) is 4.59. The molecule has 0 aliphatic heterocycles. The Hall–Kier alpha value is -3.01. The Bertz CT molecular complexity index is 929. The van der Waals surface area contributed by atoms with Gasteiger partial charge in [-0.1, -0.05) is 24.3 Å². The van der Waals surface area contributed by atoms with Crippen LogP contribution in [0.1, 0.15) is 51.4 Å². The number of rotatable bonds is 8. The van der Waals surface area contributed by atoms with Crippen LogP contribution >= 0.6 is 0 Å². The van der Waals surface area contributed by atoms with Crippen LogP contribution in [0.3, 0.4) is 0 Å². The number of aryl methyl sites for hydroxylation is 2. The SMILES string of the molecule is Cc1ccc([C@H](CCCOc2ccc(C=O)cc2)c2ccc(F)c(F)c2)cc1C. The average Bonchev–Trinajstić information content (AvgIpc) is 2.73. The molecule has 0 saturated heterocycles. The van der Waals surface area contributed by atoms with E-state index in [1.54, 1.807) is 30.3 Å². The summed E-state index contributed by atoms with van der Waals surface area (Å²) in [5.74, 6) is -1.02. The molecule has 2 nitrogen and oxygen atoms in total. The largest absolute Gasteiger partial charge is 0.494 e. The predicted octanol–water partition coefficient (Wildman–Crippen LogP) is 6.39. The second-order valence-corrected chi connectivity index (χ2v) is 7.25. The Morgan fingerprint density at radius 3 is 2.21 bits per heavy atom. The van der Waals surface area contributed by atoms with E-state index in [0.717, 1.165) is 30.3 Å². The Morgan fingerprint density at radius 2 is 1.55 bits per heavy atom. The van der Waals surface area contributed by atoms with Crippen LogP contribution in [0.4, 0.5) is 8.78 Å². The molecule has 0 saturated carbocycles. The standard InChI is InChI=1S/C25H24F2O2/c1-17-5-8-20(14-18(17)2)23(21-9-12-24(26)25(27)15-21)4-3-13-29-22-10-6-19(16-28)7-11-22/h5-12,14-16,23H,3-4,13H2,1-2H3/t23-/m0/s1. The van der Waals surface area contributed by atoms with E-state index in [9.17, 15) is 13.6 Å². The van der Waals surface area contributed by atoms with Gasteiger partial charge in [0.1, 0.15) is 12.0 Å². The van der Waals surface area contributed by atoms with Gasteiger partial charge in [0.2, 0.25) is 0 Å². The van der Waals surface area contributed by atoms with Crippen molar-refractivity contribution in [3.8, 4) is 5.75 Å². The molecule has 0 fully saturated rings. The smallest absolute Gasteiger partial charge is 0.159 e. The highest BCUT2D eigenvalue weighted by molar-refractivity contribution is 5.74. The lowest BCUT2D eigenvalue weighted by molar-refractivity contribution is 0.112. The zero-order chi connectivity index (χ0) is 20.8. The lowest BCUT2D eigenvalue weighted by Gasteiger charge is -2.20. The summed E-state index contributed by atoms with van der Waals surface area (Å²) in [7, 11) is 0. The summed E-state index contributed by atoms with van der Waals surface area (Å²) in [6.07, 6.45) is 2.27. The molecule has 0 spiro atoms. The van der Waals surface area contributed by atoms with E-state index < -0.39 is 11.6 Å². The van der Waals surface area contributed by atoms with Gasteiger partial charge in [-0.25, -0.2) is 8.78 Å². The summed E-state index contributed by atoms with van der Waals surface area (Å²) in [5.41, 5.74) is 4.80. The first kappa shape index (κ1) is 20.7. The van der Waals surface area contributed by atoms with E-state index in [4.69, 9.17) is 4.74 Å². The first-order chi connectivity index (χ1) is 14.0. The van der Waals surface area contributed by atoms with Gasteiger partial charge in [-0.3, -0.25) is 4.79 Å². The van der Waals surface area contributed by atoms with E-state index >= 15 is 0 Å². The van der Waals surface area contributed by atoms with Crippen LogP contribution in [0.2, 0.25) is 0 Å². The first-order valence-electron chi connectivity index (χ1n) is 9.68. The molecule has 1 atom stereocenters. The molecule has 0 aliphatic carbocycles. The third kappa shape index (κ3) is 5.29. The van der Waals surface area contributed by atoms with E-state index in [1.165, 1.54) is 23.3 Å². The number of carbonyl (C=O) groups excluding carboxylic acids is 1. The van der Waals surface area contributed by atoms with Crippen molar-refractivity contribution in [3.63, 3.8) is 0 Å². The second-order valence-electron chi connectivity index (χ2n) is 7.25. The van der Waals surface area contributed by atoms with Gasteiger partial charge in [0.25, 0.3) is 0 Å². The van der Waals surface area contributed by atoms with Crippen LogP contribution in [0.25, 0.3) is 0 Å². The fourth-order valence-electron chi connectivity index (χ4n) is 3.36. The Labute approximate surface area is 170 Å². The van der Waals surface area contributed by atoms with Crippen LogP contribution in [0.5, 0.6) is 5.75 Å². The molecule has 0 aliphatic rings. The minimum Gasteiger partial charge on any atom is -0.494 e. The predicted molar refractivity (Wildman–Crippen MR) is 111 cm³/mol. The maximum atomic E-state index is 13.8. The molecular weight excluding hydrogens is 370 g/mol. The molecular formula is C25H24F2O2. The van der Waals surface area contributed by atoms with Gasteiger partial charge >= 0.3 is 0 Å². The summed E-state index contributed by atoms with van der Waals surface area (Å²) < 4.78 is 33.0. The number of hydrogen-bond acceptors (Lipinski definition) is 2. The minimum atomic E-state index is -0.838.